The zero-order chi connectivity index (χ0) is 17.6. The highest BCUT2D eigenvalue weighted by molar-refractivity contribution is 5.94. The van der Waals surface area contributed by atoms with Gasteiger partial charge in [0, 0.05) is 24.5 Å². The second kappa shape index (κ2) is 7.70. The second-order valence-corrected chi connectivity index (χ2v) is 5.69. The van der Waals surface area contributed by atoms with E-state index in [-0.39, 0.29) is 11.7 Å². The zero-order valence-electron chi connectivity index (χ0n) is 13.9. The standard InChI is InChI=1S/C19H19FN4O/c1-21-19(25)14-6-4-13(5-7-14)3-2-10-22-18-16-11-15(20)8-9-17(16)23-12-24-18/h4-9,11-12H,2-3,10H2,1H3,(H,21,25)(H,22,23,24). The first-order chi connectivity index (χ1) is 12.2. The van der Waals surface area contributed by atoms with Crippen molar-refractivity contribution < 1.29 is 9.18 Å². The first-order valence-electron chi connectivity index (χ1n) is 8.12. The summed E-state index contributed by atoms with van der Waals surface area (Å²) in [7, 11) is 1.62. The molecule has 3 aromatic rings. The van der Waals surface area contributed by atoms with Crippen molar-refractivity contribution >= 4 is 22.6 Å². The van der Waals surface area contributed by atoms with E-state index in [1.807, 2.05) is 24.3 Å². The van der Waals surface area contributed by atoms with Crippen LogP contribution < -0.4 is 10.6 Å². The van der Waals surface area contributed by atoms with Crippen molar-refractivity contribution in [3.63, 3.8) is 0 Å². The minimum absolute atomic E-state index is 0.0870. The molecule has 0 radical (unpaired) electrons. The molecule has 0 saturated heterocycles. The van der Waals surface area contributed by atoms with Gasteiger partial charge in [-0.15, -0.1) is 0 Å². The van der Waals surface area contributed by atoms with Crippen molar-refractivity contribution in [2.24, 2.45) is 0 Å². The van der Waals surface area contributed by atoms with E-state index in [2.05, 4.69) is 20.6 Å². The minimum Gasteiger partial charge on any atom is -0.369 e. The van der Waals surface area contributed by atoms with Gasteiger partial charge in [0.2, 0.25) is 0 Å². The molecule has 3 rings (SSSR count). The number of halogens is 1. The molecule has 0 atom stereocenters. The molecule has 5 nitrogen and oxygen atoms in total. The van der Waals surface area contributed by atoms with E-state index >= 15 is 0 Å². The summed E-state index contributed by atoms with van der Waals surface area (Å²) in [5, 5.41) is 6.52. The second-order valence-electron chi connectivity index (χ2n) is 5.69. The Bertz CT molecular complexity index is 880. The van der Waals surface area contributed by atoms with Crippen LogP contribution >= 0.6 is 0 Å². The molecule has 6 heteroatoms. The molecule has 0 fully saturated rings. The Morgan fingerprint density at radius 1 is 1.12 bits per heavy atom. The Balaban J connectivity index is 1.57. The van der Waals surface area contributed by atoms with Crippen LogP contribution in [0.2, 0.25) is 0 Å². The number of nitrogens with one attached hydrogen (secondary N) is 2. The van der Waals surface area contributed by atoms with Gasteiger partial charge < -0.3 is 10.6 Å². The fraction of sp³-hybridized carbons (Fsp3) is 0.211. The average molecular weight is 338 g/mol. The molecule has 1 heterocycles. The Kier molecular flexibility index (Phi) is 5.18. The molecule has 25 heavy (non-hydrogen) atoms. The molecule has 128 valence electrons. The predicted octanol–water partition coefficient (Wildman–Crippen LogP) is 3.17. The van der Waals surface area contributed by atoms with E-state index in [1.54, 1.807) is 13.1 Å². The maximum absolute atomic E-state index is 13.4. The molecule has 2 N–H and O–H groups in total. The Hall–Kier alpha value is -3.02. The molecule has 0 aliphatic rings. The fourth-order valence-corrected chi connectivity index (χ4v) is 2.64. The van der Waals surface area contributed by atoms with Crippen LogP contribution in [-0.2, 0) is 6.42 Å². The van der Waals surface area contributed by atoms with Crippen molar-refractivity contribution in [3.05, 3.63) is 65.7 Å². The van der Waals surface area contributed by atoms with Crippen LogP contribution in [0.1, 0.15) is 22.3 Å². The summed E-state index contributed by atoms with van der Waals surface area (Å²) >= 11 is 0. The monoisotopic (exact) mass is 338 g/mol. The van der Waals surface area contributed by atoms with Crippen molar-refractivity contribution in [2.75, 3.05) is 18.9 Å². The molecule has 0 bridgehead atoms. The van der Waals surface area contributed by atoms with Crippen LogP contribution in [0.5, 0.6) is 0 Å². The highest BCUT2D eigenvalue weighted by Crippen LogP contribution is 2.20. The van der Waals surface area contributed by atoms with Crippen LogP contribution in [-0.4, -0.2) is 29.5 Å². The number of rotatable bonds is 6. The van der Waals surface area contributed by atoms with Crippen LogP contribution in [0.3, 0.4) is 0 Å². The summed E-state index contributed by atoms with van der Waals surface area (Å²) in [4.78, 5) is 19.9. The van der Waals surface area contributed by atoms with Crippen LogP contribution in [0.15, 0.2) is 48.8 Å². The highest BCUT2D eigenvalue weighted by atomic mass is 19.1. The average Bonchev–Trinajstić information content (AvgIpc) is 2.65. The number of anilines is 1. The van der Waals surface area contributed by atoms with E-state index in [1.165, 1.54) is 18.5 Å². The molecule has 1 amide bonds. The molecular weight excluding hydrogens is 319 g/mol. The van der Waals surface area contributed by atoms with E-state index in [4.69, 9.17) is 0 Å². The van der Waals surface area contributed by atoms with E-state index in [9.17, 15) is 9.18 Å². The van der Waals surface area contributed by atoms with Crippen molar-refractivity contribution in [1.82, 2.24) is 15.3 Å². The number of carbonyl (C=O) groups is 1. The Morgan fingerprint density at radius 2 is 1.92 bits per heavy atom. The summed E-state index contributed by atoms with van der Waals surface area (Å²) in [5.41, 5.74) is 2.52. The largest absolute Gasteiger partial charge is 0.369 e. The minimum atomic E-state index is -0.304. The smallest absolute Gasteiger partial charge is 0.251 e. The number of benzene rings is 2. The molecule has 0 saturated carbocycles. The number of hydrogen-bond donors (Lipinski definition) is 2. The van der Waals surface area contributed by atoms with Gasteiger partial charge in [-0.05, 0) is 48.7 Å². The van der Waals surface area contributed by atoms with Crippen molar-refractivity contribution in [3.8, 4) is 0 Å². The van der Waals surface area contributed by atoms with E-state index < -0.39 is 0 Å². The van der Waals surface area contributed by atoms with Gasteiger partial charge in [-0.25, -0.2) is 14.4 Å². The Morgan fingerprint density at radius 3 is 2.68 bits per heavy atom. The van der Waals surface area contributed by atoms with Gasteiger partial charge in [-0.1, -0.05) is 12.1 Å². The summed E-state index contributed by atoms with van der Waals surface area (Å²) in [6, 6.07) is 12.0. The molecule has 0 spiro atoms. The fourth-order valence-electron chi connectivity index (χ4n) is 2.64. The van der Waals surface area contributed by atoms with Gasteiger partial charge in [-0.3, -0.25) is 4.79 Å². The maximum Gasteiger partial charge on any atom is 0.251 e. The number of fused-ring (bicyclic) bond motifs is 1. The normalized spacial score (nSPS) is 10.6. The quantitative estimate of drug-likeness (QED) is 0.678. The van der Waals surface area contributed by atoms with E-state index in [0.717, 1.165) is 18.4 Å². The number of aryl methyl sites for hydroxylation is 1. The summed E-state index contributed by atoms with van der Waals surface area (Å²) < 4.78 is 13.4. The highest BCUT2D eigenvalue weighted by Gasteiger charge is 2.05. The Labute approximate surface area is 145 Å². The van der Waals surface area contributed by atoms with Gasteiger partial charge in [0.1, 0.15) is 18.0 Å². The maximum atomic E-state index is 13.4. The van der Waals surface area contributed by atoms with Gasteiger partial charge in [0.15, 0.2) is 0 Å². The number of carbonyl (C=O) groups excluding carboxylic acids is 1. The lowest BCUT2D eigenvalue weighted by Crippen LogP contribution is -2.17. The van der Waals surface area contributed by atoms with Crippen molar-refractivity contribution in [2.45, 2.75) is 12.8 Å². The molecule has 1 aromatic heterocycles. The van der Waals surface area contributed by atoms with Crippen LogP contribution in [0.25, 0.3) is 10.9 Å². The number of amides is 1. The molecular formula is C19H19FN4O. The first-order valence-corrected chi connectivity index (χ1v) is 8.12. The van der Waals surface area contributed by atoms with Gasteiger partial charge in [-0.2, -0.15) is 0 Å². The molecule has 0 aliphatic heterocycles. The molecule has 0 unspecified atom stereocenters. The zero-order valence-corrected chi connectivity index (χ0v) is 13.9. The SMILES string of the molecule is CNC(=O)c1ccc(CCCNc2ncnc3ccc(F)cc23)cc1. The third-order valence-electron chi connectivity index (χ3n) is 3.98. The third-order valence-corrected chi connectivity index (χ3v) is 3.98. The summed E-state index contributed by atoms with van der Waals surface area (Å²) in [5.74, 6) is 0.247. The van der Waals surface area contributed by atoms with Gasteiger partial charge in [0.05, 0.1) is 5.52 Å². The number of aromatic nitrogens is 2. The topological polar surface area (TPSA) is 66.9 Å². The lowest BCUT2D eigenvalue weighted by atomic mass is 10.1. The lowest BCUT2D eigenvalue weighted by molar-refractivity contribution is 0.0963. The predicted molar refractivity (Wildman–Crippen MR) is 96.1 cm³/mol. The first kappa shape index (κ1) is 16.8. The lowest BCUT2D eigenvalue weighted by Gasteiger charge is -2.08. The third kappa shape index (κ3) is 4.09. The summed E-state index contributed by atoms with van der Waals surface area (Å²) in [6.45, 7) is 0.708. The summed E-state index contributed by atoms with van der Waals surface area (Å²) in [6.07, 6.45) is 3.23. The number of nitrogens with zero attached hydrogens (tertiary/aromatic N) is 2. The van der Waals surface area contributed by atoms with Crippen LogP contribution in [0.4, 0.5) is 10.2 Å². The van der Waals surface area contributed by atoms with Crippen molar-refractivity contribution in [1.29, 1.82) is 0 Å². The van der Waals surface area contributed by atoms with Gasteiger partial charge in [0.25, 0.3) is 5.91 Å². The number of hydrogen-bond acceptors (Lipinski definition) is 4. The van der Waals surface area contributed by atoms with Crippen LogP contribution in [0, 0.1) is 5.82 Å². The van der Waals surface area contributed by atoms with E-state index in [0.29, 0.717) is 28.8 Å². The van der Waals surface area contributed by atoms with Gasteiger partial charge >= 0.3 is 0 Å². The molecule has 2 aromatic carbocycles. The molecule has 0 aliphatic carbocycles.